The van der Waals surface area contributed by atoms with Crippen LogP contribution in [0.25, 0.3) is 0 Å². The Bertz CT molecular complexity index is 95.1. The fraction of sp³-hybridized carbons (Fsp3) is 0.833. The lowest BCUT2D eigenvalue weighted by Gasteiger charge is -2.02. The summed E-state index contributed by atoms with van der Waals surface area (Å²) in [5, 5.41) is 0. The molecule has 0 fully saturated rings. The second-order valence-electron chi connectivity index (χ2n) is 2.13. The second-order valence-corrected chi connectivity index (χ2v) is 2.51. The first-order valence-corrected chi connectivity index (χ1v) is 3.57. The Morgan fingerprint density at radius 3 is 2.67 bits per heavy atom. The molecule has 0 radical (unpaired) electrons. The number of nitrogens with two attached hydrogens (primary N) is 1. The minimum Gasteiger partial charge on any atom is -0.369 e. The van der Waals surface area contributed by atoms with Gasteiger partial charge in [0, 0.05) is 11.8 Å². The molecule has 9 heavy (non-hydrogen) atoms. The van der Waals surface area contributed by atoms with Crippen LogP contribution < -0.4 is 5.73 Å². The summed E-state index contributed by atoms with van der Waals surface area (Å²) in [6.45, 7) is 1.81. The summed E-state index contributed by atoms with van der Waals surface area (Å²) in [6, 6.07) is 0. The molecule has 0 aromatic rings. The zero-order chi connectivity index (χ0) is 7.28. The lowest BCUT2D eigenvalue weighted by Crippen LogP contribution is -2.20. The lowest BCUT2D eigenvalue weighted by molar-refractivity contribution is -0.121. The van der Waals surface area contributed by atoms with Gasteiger partial charge in [-0.15, -0.1) is 11.6 Å². The number of alkyl halides is 1. The Balaban J connectivity index is 3.27. The highest BCUT2D eigenvalue weighted by atomic mass is 35.5. The van der Waals surface area contributed by atoms with E-state index in [1.54, 1.807) is 0 Å². The highest BCUT2D eigenvalue weighted by molar-refractivity contribution is 6.17. The van der Waals surface area contributed by atoms with E-state index in [-0.39, 0.29) is 11.8 Å². The first-order valence-electron chi connectivity index (χ1n) is 3.03. The largest absolute Gasteiger partial charge is 0.369 e. The standard InChI is InChI=1S/C6H12ClNO/c1-5(6(8)9)3-2-4-7/h5H,2-4H2,1H3,(H2,8,9). The van der Waals surface area contributed by atoms with E-state index >= 15 is 0 Å². The van der Waals surface area contributed by atoms with Gasteiger partial charge in [-0.25, -0.2) is 0 Å². The number of hydrogen-bond donors (Lipinski definition) is 1. The van der Waals surface area contributed by atoms with Gasteiger partial charge in [0.2, 0.25) is 5.91 Å². The van der Waals surface area contributed by atoms with Gasteiger partial charge in [-0.2, -0.15) is 0 Å². The highest BCUT2D eigenvalue weighted by Gasteiger charge is 2.06. The molecule has 0 spiro atoms. The van der Waals surface area contributed by atoms with E-state index in [9.17, 15) is 4.79 Å². The fourth-order valence-corrected chi connectivity index (χ4v) is 0.680. The minimum absolute atomic E-state index is 0.0243. The van der Waals surface area contributed by atoms with Gasteiger partial charge >= 0.3 is 0 Å². The number of amides is 1. The first-order chi connectivity index (χ1) is 4.18. The van der Waals surface area contributed by atoms with Crippen LogP contribution in [-0.4, -0.2) is 11.8 Å². The summed E-state index contributed by atoms with van der Waals surface area (Å²) in [5.41, 5.74) is 4.99. The normalized spacial score (nSPS) is 13.1. The fourth-order valence-electron chi connectivity index (χ4n) is 0.526. The van der Waals surface area contributed by atoms with Crippen LogP contribution in [0.1, 0.15) is 19.8 Å². The van der Waals surface area contributed by atoms with Crippen molar-refractivity contribution < 1.29 is 4.79 Å². The van der Waals surface area contributed by atoms with Crippen LogP contribution in [0.3, 0.4) is 0 Å². The molecule has 0 bridgehead atoms. The molecule has 3 heteroatoms. The van der Waals surface area contributed by atoms with Crippen LogP contribution >= 0.6 is 11.6 Å². The Kier molecular flexibility index (Phi) is 4.50. The maximum atomic E-state index is 10.4. The van der Waals surface area contributed by atoms with E-state index in [2.05, 4.69) is 0 Å². The third-order valence-electron chi connectivity index (χ3n) is 1.26. The predicted molar refractivity (Wildman–Crippen MR) is 38.3 cm³/mol. The van der Waals surface area contributed by atoms with Crippen molar-refractivity contribution >= 4 is 17.5 Å². The van der Waals surface area contributed by atoms with Crippen LogP contribution in [0.15, 0.2) is 0 Å². The molecule has 1 unspecified atom stereocenters. The second kappa shape index (κ2) is 4.62. The molecule has 0 aromatic heterocycles. The average Bonchev–Trinajstić information content (AvgIpc) is 1.82. The van der Waals surface area contributed by atoms with E-state index in [1.807, 2.05) is 6.92 Å². The predicted octanol–water partition coefficient (Wildman–Crippen LogP) is 1.13. The van der Waals surface area contributed by atoms with Crippen LogP contribution in [0, 0.1) is 5.92 Å². The van der Waals surface area contributed by atoms with Gasteiger partial charge in [0.1, 0.15) is 0 Å². The topological polar surface area (TPSA) is 43.1 Å². The highest BCUT2D eigenvalue weighted by Crippen LogP contribution is 2.04. The zero-order valence-electron chi connectivity index (χ0n) is 5.56. The third-order valence-corrected chi connectivity index (χ3v) is 1.52. The summed E-state index contributed by atoms with van der Waals surface area (Å²) < 4.78 is 0. The maximum absolute atomic E-state index is 10.4. The van der Waals surface area contributed by atoms with Gasteiger partial charge < -0.3 is 5.73 Å². The van der Waals surface area contributed by atoms with Crippen LogP contribution in [0.2, 0.25) is 0 Å². The molecule has 0 rings (SSSR count). The van der Waals surface area contributed by atoms with Crippen molar-refractivity contribution in [3.05, 3.63) is 0 Å². The zero-order valence-corrected chi connectivity index (χ0v) is 6.32. The monoisotopic (exact) mass is 149 g/mol. The number of halogens is 1. The number of carbonyl (C=O) groups excluding carboxylic acids is 1. The van der Waals surface area contributed by atoms with Gasteiger partial charge in [-0.3, -0.25) is 4.79 Å². The summed E-state index contributed by atoms with van der Waals surface area (Å²) in [7, 11) is 0. The molecule has 0 aliphatic heterocycles. The Labute approximate surface area is 60.4 Å². The molecule has 0 aromatic carbocycles. The van der Waals surface area contributed by atoms with E-state index in [1.165, 1.54) is 0 Å². The van der Waals surface area contributed by atoms with Crippen molar-refractivity contribution in [3.8, 4) is 0 Å². The van der Waals surface area contributed by atoms with Gasteiger partial charge in [0.15, 0.2) is 0 Å². The Hall–Kier alpha value is -0.240. The van der Waals surface area contributed by atoms with Crippen molar-refractivity contribution in [1.82, 2.24) is 0 Å². The summed E-state index contributed by atoms with van der Waals surface area (Å²) in [5.74, 6) is 0.348. The van der Waals surface area contributed by atoms with E-state index < -0.39 is 0 Å². The average molecular weight is 150 g/mol. The van der Waals surface area contributed by atoms with Crippen molar-refractivity contribution in [2.45, 2.75) is 19.8 Å². The maximum Gasteiger partial charge on any atom is 0.220 e. The van der Waals surface area contributed by atoms with Gasteiger partial charge in [0.05, 0.1) is 0 Å². The Morgan fingerprint density at radius 2 is 2.33 bits per heavy atom. The van der Waals surface area contributed by atoms with Crippen molar-refractivity contribution in [2.75, 3.05) is 5.88 Å². The quantitative estimate of drug-likeness (QED) is 0.599. The van der Waals surface area contributed by atoms with Crippen molar-refractivity contribution in [2.24, 2.45) is 11.7 Å². The molecule has 2 N–H and O–H groups in total. The lowest BCUT2D eigenvalue weighted by atomic mass is 10.1. The summed E-state index contributed by atoms with van der Waals surface area (Å²) in [4.78, 5) is 10.4. The number of carbonyl (C=O) groups is 1. The van der Waals surface area contributed by atoms with Gasteiger partial charge in [0.25, 0.3) is 0 Å². The summed E-state index contributed by atoms with van der Waals surface area (Å²) in [6.07, 6.45) is 1.67. The molecule has 0 aliphatic carbocycles. The number of rotatable bonds is 4. The molecule has 1 atom stereocenters. The molecular formula is C6H12ClNO. The van der Waals surface area contributed by atoms with E-state index in [0.29, 0.717) is 5.88 Å². The molecule has 2 nitrogen and oxygen atoms in total. The van der Waals surface area contributed by atoms with Gasteiger partial charge in [-0.1, -0.05) is 6.92 Å². The third kappa shape index (κ3) is 4.28. The molecule has 0 saturated heterocycles. The number of primary amides is 1. The molecule has 0 saturated carbocycles. The SMILES string of the molecule is CC(CCCCl)C(N)=O. The number of hydrogen-bond acceptors (Lipinski definition) is 1. The van der Waals surface area contributed by atoms with Crippen molar-refractivity contribution in [1.29, 1.82) is 0 Å². The van der Waals surface area contributed by atoms with E-state index in [4.69, 9.17) is 17.3 Å². The first kappa shape index (κ1) is 8.76. The van der Waals surface area contributed by atoms with E-state index in [0.717, 1.165) is 12.8 Å². The Morgan fingerprint density at radius 1 is 1.78 bits per heavy atom. The molecule has 54 valence electrons. The summed E-state index contributed by atoms with van der Waals surface area (Å²) >= 11 is 5.40. The minimum atomic E-state index is -0.236. The van der Waals surface area contributed by atoms with Crippen LogP contribution in [-0.2, 0) is 4.79 Å². The molecule has 0 aliphatic rings. The van der Waals surface area contributed by atoms with Crippen LogP contribution in [0.5, 0.6) is 0 Å². The molecule has 0 heterocycles. The molecule has 1 amide bonds. The smallest absolute Gasteiger partial charge is 0.220 e. The van der Waals surface area contributed by atoms with Gasteiger partial charge in [-0.05, 0) is 12.8 Å². The van der Waals surface area contributed by atoms with Crippen molar-refractivity contribution in [3.63, 3.8) is 0 Å². The molecular weight excluding hydrogens is 138 g/mol. The van der Waals surface area contributed by atoms with Crippen LogP contribution in [0.4, 0.5) is 0 Å².